The van der Waals surface area contributed by atoms with Gasteiger partial charge in [-0.05, 0) is 66.7 Å². The molecule has 0 saturated carbocycles. The van der Waals surface area contributed by atoms with Gasteiger partial charge in [-0.1, -0.05) is 34.4 Å². The normalized spacial score (nSPS) is 11.2. The largest absolute Gasteiger partial charge is 0.339 e. The molecule has 0 fully saturated rings. The van der Waals surface area contributed by atoms with E-state index in [9.17, 15) is 13.2 Å². The number of aromatic nitrogens is 2. The fourth-order valence-electron chi connectivity index (χ4n) is 3.00. The van der Waals surface area contributed by atoms with Gasteiger partial charge in [0.25, 0.3) is 10.0 Å². The standard InChI is InChI=1S/C23H18Cl2N4O4S/c24-16-6-4-15(5-7-16)23-27-22(33-28-23)13-12-21(30)26-18-8-10-20(11-9-18)34(31,32)29-19-3-1-2-17(25)14-19/h1-11,14,29H,12-13H2,(H,26,30). The van der Waals surface area contributed by atoms with Gasteiger partial charge in [-0.3, -0.25) is 9.52 Å². The average Bonchev–Trinajstić information content (AvgIpc) is 3.27. The first-order chi connectivity index (χ1) is 16.3. The highest BCUT2D eigenvalue weighted by molar-refractivity contribution is 7.92. The van der Waals surface area contributed by atoms with Crippen LogP contribution in [0.5, 0.6) is 0 Å². The van der Waals surface area contributed by atoms with Crippen molar-refractivity contribution in [2.75, 3.05) is 10.0 Å². The summed E-state index contributed by atoms with van der Waals surface area (Å²) < 4.78 is 32.8. The van der Waals surface area contributed by atoms with Crippen LogP contribution in [0.4, 0.5) is 11.4 Å². The van der Waals surface area contributed by atoms with E-state index in [1.54, 1.807) is 42.5 Å². The van der Waals surface area contributed by atoms with Crippen LogP contribution in [-0.2, 0) is 21.2 Å². The summed E-state index contributed by atoms with van der Waals surface area (Å²) >= 11 is 11.8. The number of carbonyl (C=O) groups excluding carboxylic acids is 1. The molecule has 1 amide bonds. The van der Waals surface area contributed by atoms with Crippen LogP contribution < -0.4 is 10.0 Å². The molecule has 0 unspecified atom stereocenters. The Morgan fingerprint density at radius 2 is 1.65 bits per heavy atom. The maximum absolute atomic E-state index is 12.6. The zero-order chi connectivity index (χ0) is 24.1. The zero-order valence-corrected chi connectivity index (χ0v) is 19.9. The summed E-state index contributed by atoms with van der Waals surface area (Å²) in [6, 6.07) is 19.2. The van der Waals surface area contributed by atoms with Crippen LogP contribution in [0.2, 0.25) is 10.0 Å². The van der Waals surface area contributed by atoms with Crippen LogP contribution in [0.3, 0.4) is 0 Å². The molecular formula is C23H18Cl2N4O4S. The third-order valence-corrected chi connectivity index (χ3v) is 6.55. The number of benzene rings is 3. The smallest absolute Gasteiger partial charge is 0.261 e. The summed E-state index contributed by atoms with van der Waals surface area (Å²) in [5, 5.41) is 7.65. The van der Waals surface area contributed by atoms with E-state index >= 15 is 0 Å². The number of aryl methyl sites for hydroxylation is 1. The first-order valence-corrected chi connectivity index (χ1v) is 12.3. The number of amides is 1. The molecule has 4 aromatic rings. The van der Waals surface area contributed by atoms with Crippen LogP contribution >= 0.6 is 23.2 Å². The minimum atomic E-state index is -3.80. The number of rotatable bonds is 8. The van der Waals surface area contributed by atoms with Crippen LogP contribution in [0.15, 0.2) is 82.2 Å². The third-order valence-electron chi connectivity index (χ3n) is 4.66. The summed E-state index contributed by atoms with van der Waals surface area (Å²) in [4.78, 5) is 16.6. The van der Waals surface area contributed by atoms with Gasteiger partial charge in [-0.15, -0.1) is 0 Å². The molecule has 0 aliphatic carbocycles. The van der Waals surface area contributed by atoms with Crippen LogP contribution in [0.25, 0.3) is 11.4 Å². The Balaban J connectivity index is 1.32. The van der Waals surface area contributed by atoms with Gasteiger partial charge in [0.2, 0.25) is 17.6 Å². The molecule has 0 atom stereocenters. The zero-order valence-electron chi connectivity index (χ0n) is 17.5. The molecule has 0 radical (unpaired) electrons. The maximum atomic E-state index is 12.6. The quantitative estimate of drug-likeness (QED) is 0.323. The number of nitrogens with one attached hydrogen (secondary N) is 2. The van der Waals surface area contributed by atoms with E-state index in [1.165, 1.54) is 30.3 Å². The highest BCUT2D eigenvalue weighted by Gasteiger charge is 2.15. The SMILES string of the molecule is O=C(CCc1nc(-c2ccc(Cl)cc2)no1)Nc1ccc(S(=O)(=O)Nc2cccc(Cl)c2)cc1. The Kier molecular flexibility index (Phi) is 7.16. The second-order valence-corrected chi connectivity index (χ2v) is 9.76. The van der Waals surface area contributed by atoms with Crippen molar-refractivity contribution in [3.05, 3.63) is 88.7 Å². The molecular weight excluding hydrogens is 499 g/mol. The van der Waals surface area contributed by atoms with E-state index in [-0.39, 0.29) is 23.6 Å². The number of sulfonamides is 1. The number of anilines is 2. The summed E-state index contributed by atoms with van der Waals surface area (Å²) in [5.41, 5.74) is 1.56. The minimum absolute atomic E-state index is 0.0473. The summed E-state index contributed by atoms with van der Waals surface area (Å²) in [5.74, 6) is 0.461. The van der Waals surface area contributed by atoms with Crippen molar-refractivity contribution >= 4 is 50.5 Å². The molecule has 34 heavy (non-hydrogen) atoms. The number of halogens is 2. The maximum Gasteiger partial charge on any atom is 0.261 e. The molecule has 3 aromatic carbocycles. The molecule has 11 heteroatoms. The molecule has 1 aromatic heterocycles. The van der Waals surface area contributed by atoms with Gasteiger partial charge in [-0.25, -0.2) is 8.42 Å². The predicted molar refractivity (Wildman–Crippen MR) is 130 cm³/mol. The lowest BCUT2D eigenvalue weighted by Crippen LogP contribution is -2.14. The summed E-state index contributed by atoms with van der Waals surface area (Å²) in [7, 11) is -3.80. The monoisotopic (exact) mass is 516 g/mol. The molecule has 0 bridgehead atoms. The lowest BCUT2D eigenvalue weighted by atomic mass is 10.2. The highest BCUT2D eigenvalue weighted by atomic mass is 35.5. The van der Waals surface area contributed by atoms with Gasteiger partial charge in [0.1, 0.15) is 0 Å². The van der Waals surface area contributed by atoms with Crippen molar-refractivity contribution in [3.63, 3.8) is 0 Å². The van der Waals surface area contributed by atoms with Crippen molar-refractivity contribution in [1.82, 2.24) is 10.1 Å². The van der Waals surface area contributed by atoms with Crippen molar-refractivity contribution < 1.29 is 17.7 Å². The first-order valence-electron chi connectivity index (χ1n) is 10.1. The molecule has 0 aliphatic rings. The molecule has 0 aliphatic heterocycles. The van der Waals surface area contributed by atoms with Crippen molar-refractivity contribution in [1.29, 1.82) is 0 Å². The van der Waals surface area contributed by atoms with Gasteiger partial charge in [0.05, 0.1) is 10.6 Å². The second-order valence-electron chi connectivity index (χ2n) is 7.21. The Bertz CT molecular complexity index is 1410. The highest BCUT2D eigenvalue weighted by Crippen LogP contribution is 2.21. The second kappa shape index (κ2) is 10.3. The van der Waals surface area contributed by atoms with E-state index in [0.29, 0.717) is 33.1 Å². The van der Waals surface area contributed by atoms with E-state index in [1.807, 2.05) is 0 Å². The Labute approximate surface area is 206 Å². The van der Waals surface area contributed by atoms with Crippen molar-refractivity contribution in [2.45, 2.75) is 17.7 Å². The predicted octanol–water partition coefficient (Wildman–Crippen LogP) is 5.42. The molecule has 1 heterocycles. The third kappa shape index (κ3) is 6.13. The summed E-state index contributed by atoms with van der Waals surface area (Å²) in [6.45, 7) is 0. The van der Waals surface area contributed by atoms with Crippen molar-refractivity contribution in [3.8, 4) is 11.4 Å². The molecule has 4 rings (SSSR count). The van der Waals surface area contributed by atoms with Gasteiger partial charge in [0, 0.05) is 34.1 Å². The fourth-order valence-corrected chi connectivity index (χ4v) is 4.37. The molecule has 8 nitrogen and oxygen atoms in total. The average molecular weight is 517 g/mol. The lowest BCUT2D eigenvalue weighted by Gasteiger charge is -2.09. The summed E-state index contributed by atoms with van der Waals surface area (Å²) in [6.07, 6.45) is 0.362. The Morgan fingerprint density at radius 3 is 2.35 bits per heavy atom. The Morgan fingerprint density at radius 1 is 0.912 bits per heavy atom. The molecule has 0 spiro atoms. The molecule has 174 valence electrons. The fraction of sp³-hybridized carbons (Fsp3) is 0.0870. The van der Waals surface area contributed by atoms with Gasteiger partial charge in [-0.2, -0.15) is 4.98 Å². The van der Waals surface area contributed by atoms with E-state index in [2.05, 4.69) is 20.2 Å². The van der Waals surface area contributed by atoms with Crippen LogP contribution in [0.1, 0.15) is 12.3 Å². The van der Waals surface area contributed by atoms with Gasteiger partial charge >= 0.3 is 0 Å². The number of hydrogen-bond acceptors (Lipinski definition) is 6. The topological polar surface area (TPSA) is 114 Å². The minimum Gasteiger partial charge on any atom is -0.339 e. The van der Waals surface area contributed by atoms with E-state index < -0.39 is 10.0 Å². The molecule has 2 N–H and O–H groups in total. The van der Waals surface area contributed by atoms with E-state index in [4.69, 9.17) is 27.7 Å². The number of carbonyl (C=O) groups is 1. The van der Waals surface area contributed by atoms with Crippen LogP contribution in [0, 0.1) is 0 Å². The number of nitrogens with zero attached hydrogens (tertiary/aromatic N) is 2. The first kappa shape index (κ1) is 23.7. The van der Waals surface area contributed by atoms with Gasteiger partial charge < -0.3 is 9.84 Å². The Hall–Kier alpha value is -3.40. The molecule has 0 saturated heterocycles. The van der Waals surface area contributed by atoms with Crippen LogP contribution in [-0.4, -0.2) is 24.5 Å². The lowest BCUT2D eigenvalue weighted by molar-refractivity contribution is -0.116. The van der Waals surface area contributed by atoms with E-state index in [0.717, 1.165) is 5.56 Å². The van der Waals surface area contributed by atoms with Gasteiger partial charge in [0.15, 0.2) is 0 Å². The number of hydrogen-bond donors (Lipinski definition) is 2. The van der Waals surface area contributed by atoms with Crippen molar-refractivity contribution in [2.24, 2.45) is 0 Å².